The third kappa shape index (κ3) is 4.41. The molecule has 1 aromatic rings. The van der Waals surface area contributed by atoms with Gasteiger partial charge in [0.2, 0.25) is 0 Å². The molecule has 1 aromatic carbocycles. The van der Waals surface area contributed by atoms with E-state index in [9.17, 15) is 4.39 Å². The van der Waals surface area contributed by atoms with Crippen LogP contribution in [-0.4, -0.2) is 12.1 Å². The molecule has 1 atom stereocenters. The van der Waals surface area contributed by atoms with Gasteiger partial charge in [-0.2, -0.15) is 0 Å². The van der Waals surface area contributed by atoms with Crippen molar-refractivity contribution in [2.45, 2.75) is 45.6 Å². The first-order valence-electron chi connectivity index (χ1n) is 6.93. The van der Waals surface area contributed by atoms with Crippen LogP contribution in [0.15, 0.2) is 24.3 Å². The van der Waals surface area contributed by atoms with Gasteiger partial charge in [-0.25, -0.2) is 4.39 Å². The molecule has 0 aliphatic heterocycles. The number of rotatable bonds is 5. The fourth-order valence-corrected chi connectivity index (χ4v) is 2.38. The second-order valence-electron chi connectivity index (χ2n) is 6.56. The van der Waals surface area contributed by atoms with Crippen LogP contribution in [0.2, 0.25) is 0 Å². The lowest BCUT2D eigenvalue weighted by atomic mass is 9.93. The molecule has 1 saturated carbocycles. The van der Waals surface area contributed by atoms with Gasteiger partial charge in [-0.05, 0) is 76.1 Å². The van der Waals surface area contributed by atoms with Gasteiger partial charge in [-0.3, -0.25) is 0 Å². The molecule has 100 valence electrons. The molecule has 0 spiro atoms. The minimum Gasteiger partial charge on any atom is -0.312 e. The van der Waals surface area contributed by atoms with Gasteiger partial charge in [0.25, 0.3) is 0 Å². The predicted molar refractivity (Wildman–Crippen MR) is 74.1 cm³/mol. The lowest BCUT2D eigenvalue weighted by Crippen LogP contribution is -2.40. The predicted octanol–water partition coefficient (Wildman–Crippen LogP) is 3.78. The summed E-state index contributed by atoms with van der Waals surface area (Å²) in [5, 5.41) is 3.58. The lowest BCUT2D eigenvalue weighted by molar-refractivity contribution is 0.346. The van der Waals surface area contributed by atoms with Crippen molar-refractivity contribution in [2.75, 3.05) is 6.54 Å². The van der Waals surface area contributed by atoms with E-state index in [2.05, 4.69) is 26.1 Å². The van der Waals surface area contributed by atoms with Crippen molar-refractivity contribution in [1.29, 1.82) is 0 Å². The topological polar surface area (TPSA) is 12.0 Å². The van der Waals surface area contributed by atoms with Gasteiger partial charge >= 0.3 is 0 Å². The van der Waals surface area contributed by atoms with Crippen molar-refractivity contribution in [3.63, 3.8) is 0 Å². The summed E-state index contributed by atoms with van der Waals surface area (Å²) in [5.41, 5.74) is 1.29. The number of hydrogen-bond donors (Lipinski definition) is 1. The van der Waals surface area contributed by atoms with Crippen LogP contribution in [0.4, 0.5) is 4.39 Å². The van der Waals surface area contributed by atoms with Crippen LogP contribution in [-0.2, 0) is 6.42 Å². The number of halogens is 1. The molecule has 0 aromatic heterocycles. The van der Waals surface area contributed by atoms with Crippen molar-refractivity contribution >= 4 is 0 Å². The third-order valence-electron chi connectivity index (χ3n) is 3.57. The second-order valence-corrected chi connectivity index (χ2v) is 6.56. The highest BCUT2D eigenvalue weighted by Crippen LogP contribution is 2.38. The maximum absolute atomic E-state index is 13.2. The van der Waals surface area contributed by atoms with Crippen molar-refractivity contribution in [3.05, 3.63) is 35.6 Å². The maximum Gasteiger partial charge on any atom is 0.123 e. The summed E-state index contributed by atoms with van der Waals surface area (Å²) < 4.78 is 13.2. The summed E-state index contributed by atoms with van der Waals surface area (Å²) in [6, 6.07) is 7.04. The van der Waals surface area contributed by atoms with E-state index in [4.69, 9.17) is 0 Å². The quantitative estimate of drug-likeness (QED) is 0.837. The zero-order valence-corrected chi connectivity index (χ0v) is 11.7. The highest BCUT2D eigenvalue weighted by Gasteiger charge is 2.31. The first kappa shape index (κ1) is 13.5. The number of benzene rings is 1. The van der Waals surface area contributed by atoms with Crippen LogP contribution in [0.1, 0.15) is 39.2 Å². The van der Waals surface area contributed by atoms with Crippen LogP contribution in [0.5, 0.6) is 0 Å². The van der Waals surface area contributed by atoms with E-state index in [1.165, 1.54) is 18.9 Å². The summed E-state index contributed by atoms with van der Waals surface area (Å²) in [6.07, 6.45) is 3.67. The minimum atomic E-state index is -0.120. The molecule has 1 nitrogen and oxygen atoms in total. The number of nitrogens with one attached hydrogen (secondary N) is 1. The molecule has 1 unspecified atom stereocenters. The molecule has 0 heterocycles. The zero-order chi connectivity index (χ0) is 13.2. The average molecular weight is 249 g/mol. The molecular formula is C16H24FN. The van der Waals surface area contributed by atoms with Crippen LogP contribution >= 0.6 is 0 Å². The van der Waals surface area contributed by atoms with Crippen molar-refractivity contribution in [2.24, 2.45) is 11.8 Å². The Morgan fingerprint density at radius 3 is 2.61 bits per heavy atom. The Hall–Kier alpha value is -0.890. The summed E-state index contributed by atoms with van der Waals surface area (Å²) in [4.78, 5) is 0. The molecule has 0 amide bonds. The Morgan fingerprint density at radius 2 is 2.06 bits per heavy atom. The second kappa shape index (κ2) is 5.40. The van der Waals surface area contributed by atoms with Gasteiger partial charge < -0.3 is 5.32 Å². The maximum atomic E-state index is 13.2. The summed E-state index contributed by atoms with van der Waals surface area (Å²) in [6.45, 7) is 7.61. The van der Waals surface area contributed by atoms with Crippen molar-refractivity contribution < 1.29 is 4.39 Å². The SMILES string of the molecule is CC(C)(C)NCC(Cc1cccc(F)c1)C1CC1. The molecule has 18 heavy (non-hydrogen) atoms. The van der Waals surface area contributed by atoms with E-state index in [-0.39, 0.29) is 11.4 Å². The monoisotopic (exact) mass is 249 g/mol. The molecule has 1 fully saturated rings. The minimum absolute atomic E-state index is 0.120. The van der Waals surface area contributed by atoms with E-state index in [1.807, 2.05) is 12.1 Å². The molecular weight excluding hydrogens is 225 g/mol. The summed E-state index contributed by atoms with van der Waals surface area (Å²) in [5.74, 6) is 1.36. The van der Waals surface area contributed by atoms with Gasteiger partial charge in [-0.1, -0.05) is 12.1 Å². The Balaban J connectivity index is 1.94. The molecule has 0 radical (unpaired) electrons. The van der Waals surface area contributed by atoms with E-state index in [0.717, 1.165) is 24.4 Å². The highest BCUT2D eigenvalue weighted by molar-refractivity contribution is 5.17. The van der Waals surface area contributed by atoms with Crippen molar-refractivity contribution in [3.8, 4) is 0 Å². The largest absolute Gasteiger partial charge is 0.312 e. The van der Waals surface area contributed by atoms with Crippen LogP contribution in [0, 0.1) is 17.7 Å². The van der Waals surface area contributed by atoms with Crippen LogP contribution < -0.4 is 5.32 Å². The van der Waals surface area contributed by atoms with E-state index < -0.39 is 0 Å². The Labute approximate surface area is 110 Å². The van der Waals surface area contributed by atoms with E-state index >= 15 is 0 Å². The van der Waals surface area contributed by atoms with Gasteiger partial charge in [0.15, 0.2) is 0 Å². The highest BCUT2D eigenvalue weighted by atomic mass is 19.1. The molecule has 0 saturated heterocycles. The lowest BCUT2D eigenvalue weighted by Gasteiger charge is -2.25. The molecule has 1 aliphatic rings. The fourth-order valence-electron chi connectivity index (χ4n) is 2.38. The Bertz CT molecular complexity index is 390. The Kier molecular flexibility index (Phi) is 4.06. The normalized spacial score (nSPS) is 17.8. The smallest absolute Gasteiger partial charge is 0.123 e. The fraction of sp³-hybridized carbons (Fsp3) is 0.625. The van der Waals surface area contributed by atoms with E-state index in [1.54, 1.807) is 6.07 Å². The molecule has 2 rings (SSSR count). The van der Waals surface area contributed by atoms with Crippen molar-refractivity contribution in [1.82, 2.24) is 5.32 Å². The van der Waals surface area contributed by atoms with E-state index in [0.29, 0.717) is 5.92 Å². The molecule has 0 bridgehead atoms. The van der Waals surface area contributed by atoms with Gasteiger partial charge in [0.05, 0.1) is 0 Å². The van der Waals surface area contributed by atoms with Crippen LogP contribution in [0.3, 0.4) is 0 Å². The third-order valence-corrected chi connectivity index (χ3v) is 3.57. The van der Waals surface area contributed by atoms with Gasteiger partial charge in [-0.15, -0.1) is 0 Å². The zero-order valence-electron chi connectivity index (χ0n) is 11.7. The average Bonchev–Trinajstić information content (AvgIpc) is 3.06. The molecule has 1 aliphatic carbocycles. The summed E-state index contributed by atoms with van der Waals surface area (Å²) >= 11 is 0. The molecule has 2 heteroatoms. The first-order chi connectivity index (χ1) is 8.44. The van der Waals surface area contributed by atoms with Crippen LogP contribution in [0.25, 0.3) is 0 Å². The van der Waals surface area contributed by atoms with Gasteiger partial charge in [0.1, 0.15) is 5.82 Å². The Morgan fingerprint density at radius 1 is 1.33 bits per heavy atom. The summed E-state index contributed by atoms with van der Waals surface area (Å²) in [7, 11) is 0. The number of hydrogen-bond acceptors (Lipinski definition) is 1. The first-order valence-corrected chi connectivity index (χ1v) is 6.93. The van der Waals surface area contributed by atoms with Gasteiger partial charge in [0, 0.05) is 5.54 Å². The molecule has 1 N–H and O–H groups in total. The standard InChI is InChI=1S/C16H24FN/c1-16(2,3)18-11-14(13-7-8-13)9-12-5-4-6-15(17)10-12/h4-6,10,13-14,18H,7-9,11H2,1-3H3.